The standard InChI is InChI=1S/C21H26O6S/c1-15-9-11-17(12-10-15)28(23,24)27-16(2)18(13-14-21(22)26-4)19-7-5-6-8-20(19)25-3/h5-12,16,18H,13-14H2,1-4H3/t16-,18+/m1/s1. The maximum absolute atomic E-state index is 12.7. The van der Waals surface area contributed by atoms with E-state index in [9.17, 15) is 13.2 Å². The van der Waals surface area contributed by atoms with Crippen LogP contribution in [0.2, 0.25) is 0 Å². The van der Waals surface area contributed by atoms with Crippen molar-refractivity contribution >= 4 is 16.1 Å². The van der Waals surface area contributed by atoms with Crippen molar-refractivity contribution in [1.29, 1.82) is 0 Å². The molecule has 0 heterocycles. The minimum absolute atomic E-state index is 0.0942. The summed E-state index contributed by atoms with van der Waals surface area (Å²) >= 11 is 0. The molecule has 28 heavy (non-hydrogen) atoms. The van der Waals surface area contributed by atoms with Crippen molar-refractivity contribution in [2.24, 2.45) is 0 Å². The molecule has 0 aliphatic carbocycles. The minimum atomic E-state index is -3.95. The first-order chi connectivity index (χ1) is 13.3. The van der Waals surface area contributed by atoms with E-state index in [0.29, 0.717) is 12.2 Å². The molecule has 2 atom stereocenters. The average Bonchev–Trinajstić information content (AvgIpc) is 2.68. The topological polar surface area (TPSA) is 78.9 Å². The van der Waals surface area contributed by atoms with Crippen LogP contribution in [0, 0.1) is 6.92 Å². The maximum atomic E-state index is 12.7. The molecule has 0 saturated carbocycles. The van der Waals surface area contributed by atoms with Gasteiger partial charge in [-0.05, 0) is 44.0 Å². The van der Waals surface area contributed by atoms with Crippen LogP contribution in [0.4, 0.5) is 0 Å². The third-order valence-corrected chi connectivity index (χ3v) is 5.99. The van der Waals surface area contributed by atoms with Gasteiger partial charge in [0.1, 0.15) is 5.75 Å². The highest BCUT2D eigenvalue weighted by molar-refractivity contribution is 7.86. The van der Waals surface area contributed by atoms with Crippen LogP contribution >= 0.6 is 0 Å². The van der Waals surface area contributed by atoms with Crippen LogP contribution in [0.5, 0.6) is 5.75 Å². The largest absolute Gasteiger partial charge is 0.496 e. The molecule has 0 aromatic heterocycles. The summed E-state index contributed by atoms with van der Waals surface area (Å²) in [6, 6.07) is 13.8. The van der Waals surface area contributed by atoms with Gasteiger partial charge in [-0.25, -0.2) is 0 Å². The molecule has 152 valence electrons. The van der Waals surface area contributed by atoms with Crippen LogP contribution in [-0.4, -0.2) is 34.7 Å². The normalized spacial score (nSPS) is 13.6. The zero-order chi connectivity index (χ0) is 20.7. The Kier molecular flexibility index (Phi) is 7.60. The van der Waals surface area contributed by atoms with Gasteiger partial charge in [-0.1, -0.05) is 35.9 Å². The Balaban J connectivity index is 2.31. The number of benzene rings is 2. The Morgan fingerprint density at radius 3 is 2.29 bits per heavy atom. The minimum Gasteiger partial charge on any atom is -0.496 e. The Labute approximate surface area is 166 Å². The fraction of sp³-hybridized carbons (Fsp3) is 0.381. The van der Waals surface area contributed by atoms with E-state index in [1.54, 1.807) is 32.2 Å². The zero-order valence-electron chi connectivity index (χ0n) is 16.5. The molecule has 0 fully saturated rings. The van der Waals surface area contributed by atoms with E-state index in [2.05, 4.69) is 0 Å². The third kappa shape index (κ3) is 5.56. The first-order valence-electron chi connectivity index (χ1n) is 8.98. The molecule has 0 aliphatic rings. The lowest BCUT2D eigenvalue weighted by atomic mass is 9.89. The number of carbonyl (C=O) groups excluding carboxylic acids is 1. The smallest absolute Gasteiger partial charge is 0.305 e. The van der Waals surface area contributed by atoms with Gasteiger partial charge in [0.2, 0.25) is 0 Å². The van der Waals surface area contributed by atoms with Gasteiger partial charge in [0.25, 0.3) is 10.1 Å². The Morgan fingerprint density at radius 1 is 1.04 bits per heavy atom. The lowest BCUT2D eigenvalue weighted by molar-refractivity contribution is -0.140. The molecular formula is C21H26O6S. The number of para-hydroxylation sites is 1. The molecule has 0 N–H and O–H groups in total. The molecule has 0 spiro atoms. The molecule has 7 heteroatoms. The number of methoxy groups -OCH3 is 2. The molecule has 6 nitrogen and oxygen atoms in total. The van der Waals surface area contributed by atoms with Gasteiger partial charge in [0, 0.05) is 12.3 Å². The zero-order valence-corrected chi connectivity index (χ0v) is 17.4. The van der Waals surface area contributed by atoms with Crippen molar-refractivity contribution in [2.45, 2.75) is 43.6 Å². The second-order valence-corrected chi connectivity index (χ2v) is 8.10. The highest BCUT2D eigenvalue weighted by Gasteiger charge is 2.29. The van der Waals surface area contributed by atoms with Crippen molar-refractivity contribution in [3.8, 4) is 5.75 Å². The SMILES string of the molecule is COC(=O)CC[C@H](c1ccccc1OC)[C@@H](C)OS(=O)(=O)c1ccc(C)cc1. The fourth-order valence-electron chi connectivity index (χ4n) is 3.02. The molecule has 0 radical (unpaired) electrons. The molecule has 0 saturated heterocycles. The number of carbonyl (C=O) groups is 1. The van der Waals surface area contributed by atoms with E-state index in [-0.39, 0.29) is 23.2 Å². The molecule has 2 rings (SSSR count). The molecule has 0 bridgehead atoms. The average molecular weight is 407 g/mol. The summed E-state index contributed by atoms with van der Waals surface area (Å²) < 4.78 is 41.0. The summed E-state index contributed by atoms with van der Waals surface area (Å²) in [6.07, 6.45) is -0.220. The van der Waals surface area contributed by atoms with Crippen LogP contribution in [-0.2, 0) is 23.8 Å². The summed E-state index contributed by atoms with van der Waals surface area (Å²) in [7, 11) is -1.08. The number of esters is 1. The van der Waals surface area contributed by atoms with Crippen molar-refractivity contribution in [2.75, 3.05) is 14.2 Å². The van der Waals surface area contributed by atoms with E-state index >= 15 is 0 Å². The monoisotopic (exact) mass is 406 g/mol. The first-order valence-corrected chi connectivity index (χ1v) is 10.4. The second kappa shape index (κ2) is 9.71. The molecular weight excluding hydrogens is 380 g/mol. The van der Waals surface area contributed by atoms with Crippen LogP contribution < -0.4 is 4.74 Å². The van der Waals surface area contributed by atoms with Crippen molar-refractivity contribution in [3.63, 3.8) is 0 Å². The number of aryl methyl sites for hydroxylation is 1. The van der Waals surface area contributed by atoms with Crippen LogP contribution in [0.1, 0.15) is 36.8 Å². The second-order valence-electron chi connectivity index (χ2n) is 6.53. The molecule has 0 amide bonds. The van der Waals surface area contributed by atoms with E-state index < -0.39 is 16.2 Å². The molecule has 2 aromatic carbocycles. The third-order valence-electron chi connectivity index (χ3n) is 4.58. The van der Waals surface area contributed by atoms with Crippen LogP contribution in [0.15, 0.2) is 53.4 Å². The van der Waals surface area contributed by atoms with Crippen molar-refractivity contribution in [1.82, 2.24) is 0 Å². The number of hydrogen-bond acceptors (Lipinski definition) is 6. The predicted octanol–water partition coefficient (Wildman–Crippen LogP) is 3.83. The molecule has 2 aromatic rings. The van der Waals surface area contributed by atoms with E-state index in [0.717, 1.165) is 11.1 Å². The van der Waals surface area contributed by atoms with Crippen LogP contribution in [0.25, 0.3) is 0 Å². The van der Waals surface area contributed by atoms with Crippen molar-refractivity contribution < 1.29 is 26.9 Å². The van der Waals surface area contributed by atoms with Gasteiger partial charge in [-0.2, -0.15) is 8.42 Å². The lowest BCUT2D eigenvalue weighted by Gasteiger charge is -2.25. The predicted molar refractivity (Wildman–Crippen MR) is 106 cm³/mol. The highest BCUT2D eigenvalue weighted by Crippen LogP contribution is 2.35. The fourth-order valence-corrected chi connectivity index (χ4v) is 4.13. The van der Waals surface area contributed by atoms with Gasteiger partial charge in [-0.15, -0.1) is 0 Å². The van der Waals surface area contributed by atoms with Crippen molar-refractivity contribution in [3.05, 3.63) is 59.7 Å². The van der Waals surface area contributed by atoms with E-state index in [4.69, 9.17) is 13.7 Å². The Morgan fingerprint density at radius 2 is 1.68 bits per heavy atom. The summed E-state index contributed by atoms with van der Waals surface area (Å²) in [4.78, 5) is 11.7. The lowest BCUT2D eigenvalue weighted by Crippen LogP contribution is -2.24. The highest BCUT2D eigenvalue weighted by atomic mass is 32.2. The van der Waals surface area contributed by atoms with Gasteiger partial charge in [0.15, 0.2) is 0 Å². The molecule has 0 unspecified atom stereocenters. The summed E-state index contributed by atoms with van der Waals surface area (Å²) in [6.45, 7) is 3.56. The summed E-state index contributed by atoms with van der Waals surface area (Å²) in [5.74, 6) is -0.135. The van der Waals surface area contributed by atoms with Gasteiger partial charge in [-0.3, -0.25) is 8.98 Å². The van der Waals surface area contributed by atoms with Crippen LogP contribution in [0.3, 0.4) is 0 Å². The number of hydrogen-bond donors (Lipinski definition) is 0. The molecule has 0 aliphatic heterocycles. The first kappa shape index (κ1) is 21.9. The van der Waals surface area contributed by atoms with E-state index in [1.165, 1.54) is 19.2 Å². The number of ether oxygens (including phenoxy) is 2. The maximum Gasteiger partial charge on any atom is 0.305 e. The quantitative estimate of drug-likeness (QED) is 0.465. The van der Waals surface area contributed by atoms with Gasteiger partial charge >= 0.3 is 5.97 Å². The Bertz CT molecular complexity index is 889. The summed E-state index contributed by atoms with van der Waals surface area (Å²) in [5.41, 5.74) is 1.73. The van der Waals surface area contributed by atoms with Gasteiger partial charge < -0.3 is 9.47 Å². The van der Waals surface area contributed by atoms with Gasteiger partial charge in [0.05, 0.1) is 25.2 Å². The Hall–Kier alpha value is -2.38. The van der Waals surface area contributed by atoms with E-state index in [1.807, 2.05) is 25.1 Å². The summed E-state index contributed by atoms with van der Waals surface area (Å²) in [5, 5.41) is 0. The number of rotatable bonds is 9.